The van der Waals surface area contributed by atoms with Crippen molar-refractivity contribution in [2.75, 3.05) is 12.9 Å². The minimum Gasteiger partial charge on any atom is -0.497 e. The third-order valence-electron chi connectivity index (χ3n) is 3.97. The van der Waals surface area contributed by atoms with E-state index < -0.39 is 0 Å². The average Bonchev–Trinajstić information content (AvgIpc) is 2.93. The molecule has 0 bridgehead atoms. The molecule has 2 fully saturated rings. The summed E-state index contributed by atoms with van der Waals surface area (Å²) in [7, 11) is 1.69. The minimum absolute atomic E-state index is 0.677. The van der Waals surface area contributed by atoms with Crippen molar-refractivity contribution in [2.45, 2.75) is 31.8 Å². The Bertz CT molecular complexity index is 458. The van der Waals surface area contributed by atoms with Gasteiger partial charge in [-0.2, -0.15) is 0 Å². The third kappa shape index (κ3) is 3.06. The number of thioether (sulfide) groups is 1. The maximum atomic E-state index is 5.16. The molecule has 0 aromatic heterocycles. The molecule has 1 aromatic rings. The van der Waals surface area contributed by atoms with Gasteiger partial charge in [0.15, 0.2) is 5.17 Å². The lowest BCUT2D eigenvalue weighted by Crippen LogP contribution is -2.41. The highest BCUT2D eigenvalue weighted by Crippen LogP contribution is 2.32. The maximum absolute atomic E-state index is 5.16. The first-order valence-corrected chi connectivity index (χ1v) is 7.90. The van der Waals surface area contributed by atoms with Crippen LogP contribution in [0.25, 0.3) is 0 Å². The van der Waals surface area contributed by atoms with Crippen LogP contribution in [0.5, 0.6) is 5.75 Å². The number of nitrogens with zero attached hydrogens (tertiary/aromatic N) is 1. The standard InChI is InChI=1S/C15H20N2OS/c1-18-13-7-5-11(6-8-13)9-16-15-17-14-4-2-3-12(14)10-19-15/h5-8,12,14H,2-4,9-10H2,1H3,(H,16,17). The number of fused-ring (bicyclic) bond motifs is 1. The summed E-state index contributed by atoms with van der Waals surface area (Å²) in [5.74, 6) is 3.00. The van der Waals surface area contributed by atoms with E-state index in [2.05, 4.69) is 17.4 Å². The van der Waals surface area contributed by atoms with Gasteiger partial charge in [0.25, 0.3) is 0 Å². The number of benzene rings is 1. The molecule has 102 valence electrons. The number of methoxy groups -OCH3 is 1. The van der Waals surface area contributed by atoms with Gasteiger partial charge >= 0.3 is 0 Å². The Kier molecular flexibility index (Phi) is 3.97. The fraction of sp³-hybridized carbons (Fsp3) is 0.533. The molecule has 2 unspecified atom stereocenters. The molecule has 3 nitrogen and oxygen atoms in total. The summed E-state index contributed by atoms with van der Waals surface area (Å²) < 4.78 is 5.16. The van der Waals surface area contributed by atoms with Crippen molar-refractivity contribution in [3.05, 3.63) is 29.8 Å². The van der Waals surface area contributed by atoms with Crippen LogP contribution in [0, 0.1) is 5.92 Å². The Balaban J connectivity index is 1.59. The molecule has 4 heteroatoms. The van der Waals surface area contributed by atoms with Gasteiger partial charge in [-0.15, -0.1) is 0 Å². The first kappa shape index (κ1) is 12.9. The number of hydrogen-bond acceptors (Lipinski definition) is 3. The van der Waals surface area contributed by atoms with Gasteiger partial charge in [0.1, 0.15) is 5.75 Å². The molecule has 1 saturated heterocycles. The van der Waals surface area contributed by atoms with Crippen molar-refractivity contribution in [2.24, 2.45) is 10.9 Å². The number of nitrogens with one attached hydrogen (secondary N) is 1. The molecule has 0 amide bonds. The summed E-state index contributed by atoms with van der Waals surface area (Å²) in [6.07, 6.45) is 4.07. The van der Waals surface area contributed by atoms with Gasteiger partial charge in [0.2, 0.25) is 0 Å². The van der Waals surface area contributed by atoms with Crippen LogP contribution in [0.2, 0.25) is 0 Å². The van der Waals surface area contributed by atoms with Crippen LogP contribution in [-0.2, 0) is 6.54 Å². The van der Waals surface area contributed by atoms with Gasteiger partial charge < -0.3 is 10.1 Å². The first-order valence-electron chi connectivity index (χ1n) is 6.92. The largest absolute Gasteiger partial charge is 0.497 e. The van der Waals surface area contributed by atoms with Gasteiger partial charge in [0.05, 0.1) is 13.7 Å². The Labute approximate surface area is 118 Å². The molecule has 1 saturated carbocycles. The number of hydrogen-bond donors (Lipinski definition) is 1. The highest BCUT2D eigenvalue weighted by atomic mass is 32.2. The van der Waals surface area contributed by atoms with Crippen LogP contribution in [0.3, 0.4) is 0 Å². The number of ether oxygens (including phenoxy) is 1. The van der Waals surface area contributed by atoms with Gasteiger partial charge in [-0.25, -0.2) is 0 Å². The van der Waals surface area contributed by atoms with Crippen molar-refractivity contribution >= 4 is 16.9 Å². The highest BCUT2D eigenvalue weighted by Gasteiger charge is 2.31. The molecular weight excluding hydrogens is 256 g/mol. The van der Waals surface area contributed by atoms with E-state index in [-0.39, 0.29) is 0 Å². The van der Waals surface area contributed by atoms with Crippen molar-refractivity contribution in [1.29, 1.82) is 0 Å². The van der Waals surface area contributed by atoms with Crippen LogP contribution in [-0.4, -0.2) is 24.1 Å². The Hall–Kier alpha value is -1.16. The summed E-state index contributed by atoms with van der Waals surface area (Å²) in [6.45, 7) is 0.747. The molecule has 1 heterocycles. The van der Waals surface area contributed by atoms with E-state index in [4.69, 9.17) is 9.73 Å². The summed E-state index contributed by atoms with van der Waals surface area (Å²) >= 11 is 1.88. The Morgan fingerprint density at radius 3 is 2.95 bits per heavy atom. The molecule has 19 heavy (non-hydrogen) atoms. The van der Waals surface area contributed by atoms with E-state index >= 15 is 0 Å². The first-order chi connectivity index (χ1) is 9.35. The molecule has 0 radical (unpaired) electrons. The van der Waals surface area contributed by atoms with Crippen LogP contribution < -0.4 is 10.1 Å². The zero-order chi connectivity index (χ0) is 13.1. The second-order valence-electron chi connectivity index (χ2n) is 5.22. The third-order valence-corrected chi connectivity index (χ3v) is 5.08. The van der Waals surface area contributed by atoms with Crippen LogP contribution in [0.15, 0.2) is 29.3 Å². The van der Waals surface area contributed by atoms with Crippen LogP contribution in [0.4, 0.5) is 0 Å². The smallest absolute Gasteiger partial charge is 0.157 e. The van der Waals surface area contributed by atoms with Gasteiger partial charge in [-0.1, -0.05) is 30.3 Å². The summed E-state index contributed by atoms with van der Waals surface area (Å²) in [5.41, 5.74) is 1.23. The van der Waals surface area contributed by atoms with E-state index in [1.54, 1.807) is 7.11 Å². The zero-order valence-electron chi connectivity index (χ0n) is 11.3. The van der Waals surface area contributed by atoms with Crippen molar-refractivity contribution in [3.63, 3.8) is 0 Å². The van der Waals surface area contributed by atoms with Crippen molar-refractivity contribution < 1.29 is 4.74 Å². The number of aliphatic imine (C=N–C) groups is 1. The van der Waals surface area contributed by atoms with E-state index in [9.17, 15) is 0 Å². The fourth-order valence-corrected chi connectivity index (χ4v) is 3.96. The van der Waals surface area contributed by atoms with Gasteiger partial charge in [-0.05, 0) is 36.5 Å². The minimum atomic E-state index is 0.677. The van der Waals surface area contributed by atoms with Crippen LogP contribution in [0.1, 0.15) is 24.8 Å². The Morgan fingerprint density at radius 1 is 1.32 bits per heavy atom. The van der Waals surface area contributed by atoms with Crippen molar-refractivity contribution in [1.82, 2.24) is 5.32 Å². The molecule has 2 aliphatic rings. The van der Waals surface area contributed by atoms with E-state index in [1.807, 2.05) is 23.9 Å². The summed E-state index contributed by atoms with van der Waals surface area (Å²) in [4.78, 5) is 4.70. The molecule has 1 aliphatic heterocycles. The fourth-order valence-electron chi connectivity index (χ4n) is 2.80. The lowest BCUT2D eigenvalue weighted by atomic mass is 10.1. The maximum Gasteiger partial charge on any atom is 0.157 e. The Morgan fingerprint density at radius 2 is 2.16 bits per heavy atom. The van der Waals surface area contributed by atoms with Gasteiger partial charge in [0, 0.05) is 11.8 Å². The second kappa shape index (κ2) is 5.87. The SMILES string of the molecule is COc1ccc(CN=C2NC3CCCC3CS2)cc1. The van der Waals surface area contributed by atoms with Crippen molar-refractivity contribution in [3.8, 4) is 5.75 Å². The molecule has 1 N–H and O–H groups in total. The summed E-state index contributed by atoms with van der Waals surface area (Å²) in [5, 5.41) is 4.72. The predicted molar refractivity (Wildman–Crippen MR) is 80.9 cm³/mol. The molecule has 3 rings (SSSR count). The lowest BCUT2D eigenvalue weighted by molar-refractivity contribution is 0.414. The summed E-state index contributed by atoms with van der Waals surface area (Å²) in [6, 6.07) is 8.81. The lowest BCUT2D eigenvalue weighted by Gasteiger charge is -2.28. The second-order valence-corrected chi connectivity index (χ2v) is 6.23. The molecule has 2 atom stereocenters. The molecule has 1 aliphatic carbocycles. The highest BCUT2D eigenvalue weighted by molar-refractivity contribution is 8.13. The molecular formula is C15H20N2OS. The van der Waals surface area contributed by atoms with Gasteiger partial charge in [-0.3, -0.25) is 4.99 Å². The zero-order valence-corrected chi connectivity index (χ0v) is 12.1. The predicted octanol–water partition coefficient (Wildman–Crippen LogP) is 3.06. The van der Waals surface area contributed by atoms with Crippen LogP contribution >= 0.6 is 11.8 Å². The molecule has 0 spiro atoms. The van der Waals surface area contributed by atoms with E-state index in [1.165, 1.54) is 30.6 Å². The average molecular weight is 276 g/mol. The quantitative estimate of drug-likeness (QED) is 0.921. The topological polar surface area (TPSA) is 33.6 Å². The normalized spacial score (nSPS) is 27.9. The number of rotatable bonds is 3. The number of amidine groups is 1. The monoisotopic (exact) mass is 276 g/mol. The van der Waals surface area contributed by atoms with E-state index in [0.717, 1.165) is 23.4 Å². The molecule has 1 aromatic carbocycles. The van der Waals surface area contributed by atoms with E-state index in [0.29, 0.717) is 6.04 Å².